The molecule has 116 valence electrons. The first-order chi connectivity index (χ1) is 10.1. The molecule has 0 aliphatic heterocycles. The Morgan fingerprint density at radius 3 is 2.81 bits per heavy atom. The van der Waals surface area contributed by atoms with Gasteiger partial charge in [0.15, 0.2) is 0 Å². The molecule has 3 N–H and O–H groups in total. The number of nitrogens with two attached hydrogens (primary N) is 1. The monoisotopic (exact) mass is 289 g/mol. The number of anilines is 2. The van der Waals surface area contributed by atoms with E-state index >= 15 is 0 Å². The van der Waals surface area contributed by atoms with Gasteiger partial charge in [-0.25, -0.2) is 0 Å². The van der Waals surface area contributed by atoms with Crippen LogP contribution in [0.1, 0.15) is 44.6 Å². The minimum absolute atomic E-state index is 0.0749. The summed E-state index contributed by atoms with van der Waals surface area (Å²) in [7, 11) is 0. The zero-order valence-corrected chi connectivity index (χ0v) is 13.2. The summed E-state index contributed by atoms with van der Waals surface area (Å²) in [5.41, 5.74) is 8.35. The Hall–Kier alpha value is -1.55. The molecule has 1 fully saturated rings. The Labute approximate surface area is 127 Å². The first-order valence-electron chi connectivity index (χ1n) is 8.00. The molecule has 1 aliphatic rings. The van der Waals surface area contributed by atoms with Crippen LogP contribution in [0.3, 0.4) is 0 Å². The van der Waals surface area contributed by atoms with Gasteiger partial charge >= 0.3 is 0 Å². The van der Waals surface area contributed by atoms with Crippen molar-refractivity contribution in [1.29, 1.82) is 0 Å². The number of amides is 1. The van der Waals surface area contributed by atoms with Crippen molar-refractivity contribution in [2.24, 2.45) is 0 Å². The van der Waals surface area contributed by atoms with Crippen LogP contribution in [0.25, 0.3) is 0 Å². The van der Waals surface area contributed by atoms with E-state index in [1.807, 2.05) is 25.1 Å². The summed E-state index contributed by atoms with van der Waals surface area (Å²) in [5, 5.41) is 2.98. The molecule has 0 aromatic heterocycles. The summed E-state index contributed by atoms with van der Waals surface area (Å²) < 4.78 is 0. The van der Waals surface area contributed by atoms with Crippen molar-refractivity contribution < 1.29 is 4.79 Å². The fraction of sp³-hybridized carbons (Fsp3) is 0.588. The molecule has 0 atom stereocenters. The Bertz CT molecular complexity index is 483. The molecule has 0 spiro atoms. The molecule has 2 rings (SSSR count). The fourth-order valence-electron chi connectivity index (χ4n) is 2.52. The molecule has 0 radical (unpaired) electrons. The quantitative estimate of drug-likeness (QED) is 0.723. The first-order valence-corrected chi connectivity index (χ1v) is 8.00. The molecular weight excluding hydrogens is 262 g/mol. The van der Waals surface area contributed by atoms with Gasteiger partial charge in [-0.2, -0.15) is 0 Å². The molecule has 1 saturated carbocycles. The predicted octanol–water partition coefficient (Wildman–Crippen LogP) is 3.17. The van der Waals surface area contributed by atoms with Crippen LogP contribution >= 0.6 is 0 Å². The third-order valence-electron chi connectivity index (χ3n) is 4.14. The predicted molar refractivity (Wildman–Crippen MR) is 88.3 cm³/mol. The molecule has 1 aromatic rings. The number of carbonyl (C=O) groups excluding carboxylic acids is 1. The Kier molecular flexibility index (Phi) is 5.62. The second-order valence-electron chi connectivity index (χ2n) is 5.94. The molecule has 1 aliphatic carbocycles. The maximum absolute atomic E-state index is 12.1. The summed E-state index contributed by atoms with van der Waals surface area (Å²) in [4.78, 5) is 14.6. The number of nitrogens with one attached hydrogen (secondary N) is 1. The molecule has 1 aromatic carbocycles. The van der Waals surface area contributed by atoms with Gasteiger partial charge in [0.1, 0.15) is 0 Å². The summed E-state index contributed by atoms with van der Waals surface area (Å²) in [6, 6.07) is 6.35. The molecule has 0 heterocycles. The second kappa shape index (κ2) is 7.46. The Balaban J connectivity index is 1.82. The van der Waals surface area contributed by atoms with E-state index < -0.39 is 0 Å². The maximum atomic E-state index is 12.1. The van der Waals surface area contributed by atoms with E-state index in [1.54, 1.807) is 0 Å². The van der Waals surface area contributed by atoms with Crippen LogP contribution in [-0.2, 0) is 4.79 Å². The lowest BCUT2D eigenvalue weighted by atomic mass is 10.1. The molecule has 0 bridgehead atoms. The van der Waals surface area contributed by atoms with E-state index in [0.717, 1.165) is 36.1 Å². The highest BCUT2D eigenvalue weighted by Crippen LogP contribution is 2.27. The van der Waals surface area contributed by atoms with Crippen molar-refractivity contribution in [2.45, 2.75) is 52.0 Å². The lowest BCUT2D eigenvalue weighted by molar-refractivity contribution is -0.116. The minimum atomic E-state index is 0.0749. The normalized spacial score (nSPS) is 14.4. The highest BCUT2D eigenvalue weighted by Gasteiger charge is 2.28. The van der Waals surface area contributed by atoms with Crippen molar-refractivity contribution in [3.63, 3.8) is 0 Å². The molecule has 1 amide bonds. The van der Waals surface area contributed by atoms with Gasteiger partial charge in [-0.1, -0.05) is 19.4 Å². The largest absolute Gasteiger partial charge is 0.398 e. The smallest absolute Gasteiger partial charge is 0.225 e. The van der Waals surface area contributed by atoms with Gasteiger partial charge in [-0.05, 0) is 50.4 Å². The number of hydrogen-bond acceptors (Lipinski definition) is 3. The topological polar surface area (TPSA) is 58.4 Å². The fourth-order valence-corrected chi connectivity index (χ4v) is 2.52. The van der Waals surface area contributed by atoms with E-state index in [-0.39, 0.29) is 5.91 Å². The van der Waals surface area contributed by atoms with Gasteiger partial charge in [-0.3, -0.25) is 9.69 Å². The van der Waals surface area contributed by atoms with Crippen LogP contribution in [0.4, 0.5) is 11.4 Å². The number of nitrogens with zero attached hydrogens (tertiary/aromatic N) is 1. The van der Waals surface area contributed by atoms with Gasteiger partial charge in [0, 0.05) is 30.4 Å². The summed E-state index contributed by atoms with van der Waals surface area (Å²) in [6.45, 7) is 6.12. The van der Waals surface area contributed by atoms with E-state index in [1.165, 1.54) is 25.7 Å². The van der Waals surface area contributed by atoms with E-state index in [4.69, 9.17) is 5.73 Å². The van der Waals surface area contributed by atoms with Crippen molar-refractivity contribution >= 4 is 17.3 Å². The average molecular weight is 289 g/mol. The van der Waals surface area contributed by atoms with Crippen LogP contribution in [-0.4, -0.2) is 29.9 Å². The molecule has 21 heavy (non-hydrogen) atoms. The van der Waals surface area contributed by atoms with Crippen LogP contribution < -0.4 is 11.1 Å². The van der Waals surface area contributed by atoms with E-state index in [0.29, 0.717) is 6.42 Å². The van der Waals surface area contributed by atoms with Gasteiger partial charge in [0.05, 0.1) is 0 Å². The molecular formula is C17H27N3O. The summed E-state index contributed by atoms with van der Waals surface area (Å²) in [5.74, 6) is 0.0749. The van der Waals surface area contributed by atoms with Gasteiger partial charge < -0.3 is 11.1 Å². The van der Waals surface area contributed by atoms with Gasteiger partial charge in [-0.15, -0.1) is 0 Å². The number of rotatable bonds is 8. The van der Waals surface area contributed by atoms with Crippen LogP contribution in [0.15, 0.2) is 18.2 Å². The van der Waals surface area contributed by atoms with Crippen molar-refractivity contribution in [2.75, 3.05) is 24.1 Å². The zero-order valence-electron chi connectivity index (χ0n) is 13.2. The standard InChI is InChI=1S/C17H27N3O/c1-3-4-11-20(14-8-9-14)12-10-17(21)19-16-7-5-6-15(18)13(16)2/h5-7,14H,3-4,8-12,18H2,1-2H3,(H,19,21). The van der Waals surface area contributed by atoms with Gasteiger partial charge in [0.2, 0.25) is 5.91 Å². The molecule has 4 heteroatoms. The second-order valence-corrected chi connectivity index (χ2v) is 5.94. The molecule has 0 saturated heterocycles. The number of nitrogen functional groups attached to an aromatic ring is 1. The van der Waals surface area contributed by atoms with Crippen LogP contribution in [0, 0.1) is 6.92 Å². The minimum Gasteiger partial charge on any atom is -0.398 e. The SMILES string of the molecule is CCCCN(CCC(=O)Nc1cccc(N)c1C)C1CC1. The molecule has 4 nitrogen and oxygen atoms in total. The highest BCUT2D eigenvalue weighted by atomic mass is 16.1. The maximum Gasteiger partial charge on any atom is 0.225 e. The first kappa shape index (κ1) is 15.8. The average Bonchev–Trinajstić information content (AvgIpc) is 3.29. The van der Waals surface area contributed by atoms with E-state index in [2.05, 4.69) is 17.1 Å². The number of hydrogen-bond donors (Lipinski definition) is 2. The van der Waals surface area contributed by atoms with Crippen LogP contribution in [0.5, 0.6) is 0 Å². The lowest BCUT2D eigenvalue weighted by Crippen LogP contribution is -2.31. The highest BCUT2D eigenvalue weighted by molar-refractivity contribution is 5.92. The molecule has 0 unspecified atom stereocenters. The third kappa shape index (κ3) is 4.74. The number of benzene rings is 1. The van der Waals surface area contributed by atoms with Crippen molar-refractivity contribution in [3.8, 4) is 0 Å². The number of carbonyl (C=O) groups is 1. The third-order valence-corrected chi connectivity index (χ3v) is 4.14. The summed E-state index contributed by atoms with van der Waals surface area (Å²) >= 11 is 0. The summed E-state index contributed by atoms with van der Waals surface area (Å²) in [6.07, 6.45) is 5.55. The van der Waals surface area contributed by atoms with E-state index in [9.17, 15) is 4.79 Å². The van der Waals surface area contributed by atoms with Gasteiger partial charge in [0.25, 0.3) is 0 Å². The van der Waals surface area contributed by atoms with Crippen LogP contribution in [0.2, 0.25) is 0 Å². The zero-order chi connectivity index (χ0) is 15.2. The Morgan fingerprint density at radius 2 is 2.14 bits per heavy atom. The lowest BCUT2D eigenvalue weighted by Gasteiger charge is -2.21. The van der Waals surface area contributed by atoms with Crippen molar-refractivity contribution in [1.82, 2.24) is 4.90 Å². The Morgan fingerprint density at radius 1 is 1.38 bits per heavy atom. The number of unbranched alkanes of at least 4 members (excludes halogenated alkanes) is 1. The van der Waals surface area contributed by atoms with Crippen molar-refractivity contribution in [3.05, 3.63) is 23.8 Å².